The molecule has 14 heavy (non-hydrogen) atoms. The Kier molecular flexibility index (Phi) is 3.92. The Bertz CT molecular complexity index is 286. The van der Waals surface area contributed by atoms with Crippen molar-refractivity contribution in [2.75, 3.05) is 14.2 Å². The number of benzene rings is 1. The average Bonchev–Trinajstić information content (AvgIpc) is 2.19. The predicted molar refractivity (Wildman–Crippen MR) is 56.4 cm³/mol. The molecule has 0 saturated carbocycles. The van der Waals surface area contributed by atoms with Gasteiger partial charge in [-0.25, -0.2) is 0 Å². The van der Waals surface area contributed by atoms with E-state index in [1.165, 1.54) is 0 Å². The van der Waals surface area contributed by atoms with Gasteiger partial charge >= 0.3 is 0 Å². The number of nitrogens with two attached hydrogens (primary N) is 1. The summed E-state index contributed by atoms with van der Waals surface area (Å²) in [6, 6.07) is 7.69. The number of hydrogen-bond donors (Lipinski definition) is 1. The fourth-order valence-electron chi connectivity index (χ4n) is 1.53. The normalized spacial score (nSPS) is 14.9. The van der Waals surface area contributed by atoms with Crippen LogP contribution in [0.4, 0.5) is 0 Å². The van der Waals surface area contributed by atoms with Crippen molar-refractivity contribution >= 4 is 0 Å². The van der Waals surface area contributed by atoms with E-state index in [4.69, 9.17) is 15.2 Å². The minimum atomic E-state index is -0.119. The number of methoxy groups -OCH3 is 2. The molecule has 78 valence electrons. The maximum Gasteiger partial charge on any atom is 0.124 e. The molecule has 0 aromatic heterocycles. The van der Waals surface area contributed by atoms with Crippen LogP contribution in [0.1, 0.15) is 18.6 Å². The summed E-state index contributed by atoms with van der Waals surface area (Å²) in [6.07, 6.45) is -0.119. The van der Waals surface area contributed by atoms with Crippen molar-refractivity contribution in [3.8, 4) is 5.75 Å². The smallest absolute Gasteiger partial charge is 0.124 e. The molecule has 3 nitrogen and oxygen atoms in total. The molecule has 0 bridgehead atoms. The monoisotopic (exact) mass is 195 g/mol. The molecule has 3 heteroatoms. The van der Waals surface area contributed by atoms with E-state index in [9.17, 15) is 0 Å². The van der Waals surface area contributed by atoms with Gasteiger partial charge in [0.1, 0.15) is 11.9 Å². The second-order valence-corrected chi connectivity index (χ2v) is 3.26. The third kappa shape index (κ3) is 2.25. The van der Waals surface area contributed by atoms with Crippen LogP contribution in [0, 0.1) is 0 Å². The number of rotatable bonds is 4. The van der Waals surface area contributed by atoms with Gasteiger partial charge in [-0.15, -0.1) is 0 Å². The molecule has 0 radical (unpaired) electrons. The molecule has 0 aliphatic carbocycles. The summed E-state index contributed by atoms with van der Waals surface area (Å²) in [7, 11) is 3.30. The molecule has 2 N–H and O–H groups in total. The minimum absolute atomic E-state index is 0.0590. The first kappa shape index (κ1) is 11.0. The molecule has 0 aliphatic rings. The van der Waals surface area contributed by atoms with E-state index in [1.54, 1.807) is 14.2 Å². The Morgan fingerprint density at radius 2 is 1.86 bits per heavy atom. The van der Waals surface area contributed by atoms with Gasteiger partial charge in [-0.1, -0.05) is 18.2 Å². The Morgan fingerprint density at radius 1 is 1.21 bits per heavy atom. The van der Waals surface area contributed by atoms with Crippen molar-refractivity contribution in [2.45, 2.75) is 19.1 Å². The maximum absolute atomic E-state index is 5.82. The van der Waals surface area contributed by atoms with Crippen LogP contribution in [0.15, 0.2) is 24.3 Å². The van der Waals surface area contributed by atoms with E-state index in [2.05, 4.69) is 0 Å². The summed E-state index contributed by atoms with van der Waals surface area (Å²) in [5.74, 6) is 0.816. The molecule has 0 saturated heterocycles. The van der Waals surface area contributed by atoms with Crippen molar-refractivity contribution < 1.29 is 9.47 Å². The van der Waals surface area contributed by atoms with Crippen molar-refractivity contribution in [3.63, 3.8) is 0 Å². The van der Waals surface area contributed by atoms with Crippen molar-refractivity contribution in [3.05, 3.63) is 29.8 Å². The largest absolute Gasteiger partial charge is 0.496 e. The van der Waals surface area contributed by atoms with Gasteiger partial charge in [-0.2, -0.15) is 0 Å². The lowest BCUT2D eigenvalue weighted by Gasteiger charge is -2.21. The van der Waals surface area contributed by atoms with Crippen LogP contribution < -0.4 is 10.5 Å². The highest BCUT2D eigenvalue weighted by atomic mass is 16.5. The SMILES string of the molecule is COc1ccccc1C(OC)C(C)N. The van der Waals surface area contributed by atoms with Gasteiger partial charge < -0.3 is 15.2 Å². The molecule has 0 fully saturated rings. The lowest BCUT2D eigenvalue weighted by Crippen LogP contribution is -2.26. The van der Waals surface area contributed by atoms with Crippen molar-refractivity contribution in [1.29, 1.82) is 0 Å². The summed E-state index contributed by atoms with van der Waals surface area (Å²) < 4.78 is 10.6. The fourth-order valence-corrected chi connectivity index (χ4v) is 1.53. The summed E-state index contributed by atoms with van der Waals surface area (Å²) in [4.78, 5) is 0. The Hall–Kier alpha value is -1.06. The quantitative estimate of drug-likeness (QED) is 0.795. The molecule has 1 rings (SSSR count). The van der Waals surface area contributed by atoms with Crippen LogP contribution in [-0.4, -0.2) is 20.3 Å². The minimum Gasteiger partial charge on any atom is -0.496 e. The van der Waals surface area contributed by atoms with Crippen LogP contribution in [0.2, 0.25) is 0 Å². The summed E-state index contributed by atoms with van der Waals surface area (Å²) >= 11 is 0. The van der Waals surface area contributed by atoms with Crippen LogP contribution in [0.3, 0.4) is 0 Å². The predicted octanol–water partition coefficient (Wildman–Crippen LogP) is 1.73. The molecule has 2 unspecified atom stereocenters. The first-order valence-electron chi connectivity index (χ1n) is 4.62. The topological polar surface area (TPSA) is 44.5 Å². The summed E-state index contributed by atoms with van der Waals surface area (Å²) in [5, 5.41) is 0. The molecular weight excluding hydrogens is 178 g/mol. The third-order valence-corrected chi connectivity index (χ3v) is 2.18. The van der Waals surface area contributed by atoms with Crippen LogP contribution in [0.5, 0.6) is 5.75 Å². The molecule has 0 spiro atoms. The Morgan fingerprint density at radius 3 is 2.36 bits per heavy atom. The number of hydrogen-bond acceptors (Lipinski definition) is 3. The highest BCUT2D eigenvalue weighted by molar-refractivity contribution is 5.35. The second kappa shape index (κ2) is 4.98. The van der Waals surface area contributed by atoms with E-state index in [0.717, 1.165) is 11.3 Å². The van der Waals surface area contributed by atoms with Crippen LogP contribution >= 0.6 is 0 Å². The standard InChI is InChI=1S/C11H17NO2/c1-8(12)11(14-3)9-6-4-5-7-10(9)13-2/h4-8,11H,12H2,1-3H3. The van der Waals surface area contributed by atoms with Gasteiger partial charge in [0.25, 0.3) is 0 Å². The van der Waals surface area contributed by atoms with Crippen LogP contribution in [-0.2, 0) is 4.74 Å². The van der Waals surface area contributed by atoms with E-state index in [0.29, 0.717) is 0 Å². The van der Waals surface area contributed by atoms with Gasteiger partial charge in [0, 0.05) is 18.7 Å². The summed E-state index contributed by atoms with van der Waals surface area (Å²) in [6.45, 7) is 1.92. The molecule has 1 aromatic rings. The lowest BCUT2D eigenvalue weighted by atomic mass is 10.0. The lowest BCUT2D eigenvalue weighted by molar-refractivity contribution is 0.0831. The van der Waals surface area contributed by atoms with Gasteiger partial charge in [-0.05, 0) is 13.0 Å². The zero-order valence-corrected chi connectivity index (χ0v) is 8.86. The molecule has 2 atom stereocenters. The van der Waals surface area contributed by atoms with Gasteiger partial charge in [0.05, 0.1) is 7.11 Å². The molecule has 0 aliphatic heterocycles. The average molecular weight is 195 g/mol. The van der Waals surface area contributed by atoms with Gasteiger partial charge in [0.15, 0.2) is 0 Å². The highest BCUT2D eigenvalue weighted by Gasteiger charge is 2.18. The molecular formula is C11H17NO2. The second-order valence-electron chi connectivity index (χ2n) is 3.26. The van der Waals surface area contributed by atoms with E-state index < -0.39 is 0 Å². The zero-order chi connectivity index (χ0) is 10.6. The van der Waals surface area contributed by atoms with Gasteiger partial charge in [-0.3, -0.25) is 0 Å². The van der Waals surface area contributed by atoms with Crippen LogP contribution in [0.25, 0.3) is 0 Å². The fraction of sp³-hybridized carbons (Fsp3) is 0.455. The summed E-state index contributed by atoms with van der Waals surface area (Å²) in [5.41, 5.74) is 6.82. The Labute approximate surface area is 84.8 Å². The first-order valence-corrected chi connectivity index (χ1v) is 4.62. The van der Waals surface area contributed by atoms with E-state index >= 15 is 0 Å². The highest BCUT2D eigenvalue weighted by Crippen LogP contribution is 2.28. The molecule has 0 heterocycles. The number of para-hydroxylation sites is 1. The van der Waals surface area contributed by atoms with E-state index in [-0.39, 0.29) is 12.1 Å². The number of ether oxygens (including phenoxy) is 2. The first-order chi connectivity index (χ1) is 6.70. The zero-order valence-electron chi connectivity index (χ0n) is 8.86. The molecule has 0 amide bonds. The van der Waals surface area contributed by atoms with Gasteiger partial charge in [0.2, 0.25) is 0 Å². The third-order valence-electron chi connectivity index (χ3n) is 2.18. The molecule has 1 aromatic carbocycles. The Balaban J connectivity index is 3.02. The maximum atomic E-state index is 5.82. The van der Waals surface area contributed by atoms with Crippen molar-refractivity contribution in [1.82, 2.24) is 0 Å². The van der Waals surface area contributed by atoms with E-state index in [1.807, 2.05) is 31.2 Å². The van der Waals surface area contributed by atoms with Crippen molar-refractivity contribution in [2.24, 2.45) is 5.73 Å².